The van der Waals surface area contributed by atoms with Crippen molar-refractivity contribution in [3.05, 3.63) is 72.5 Å². The van der Waals surface area contributed by atoms with Crippen LogP contribution in [0.25, 0.3) is 0 Å². The molecule has 0 aromatic heterocycles. The Bertz CT molecular complexity index is 526. The van der Waals surface area contributed by atoms with Crippen molar-refractivity contribution in [3.63, 3.8) is 0 Å². The van der Waals surface area contributed by atoms with Crippen molar-refractivity contribution in [1.82, 2.24) is 5.32 Å². The zero-order chi connectivity index (χ0) is 18.8. The van der Waals surface area contributed by atoms with Crippen LogP contribution in [0.4, 0.5) is 0 Å². The van der Waals surface area contributed by atoms with Gasteiger partial charge in [-0.15, -0.1) is 0 Å². The topological polar surface area (TPSA) is 12.0 Å². The summed E-state index contributed by atoms with van der Waals surface area (Å²) < 4.78 is 0. The fraction of sp³-hybridized carbons (Fsp3) is 0.478. The van der Waals surface area contributed by atoms with Gasteiger partial charge in [0.2, 0.25) is 0 Å². The second kappa shape index (κ2) is 10.9. The molecule has 0 aliphatic rings. The molecule has 0 saturated carbocycles. The van der Waals surface area contributed by atoms with Crippen LogP contribution in [0.15, 0.2) is 72.5 Å². The molecule has 24 heavy (non-hydrogen) atoms. The summed E-state index contributed by atoms with van der Waals surface area (Å²) in [5.41, 5.74) is 4.70. The predicted molar refractivity (Wildman–Crippen MR) is 111 cm³/mol. The summed E-state index contributed by atoms with van der Waals surface area (Å²) in [6.45, 7) is 25.2. The standard InChI is InChI=1S/C23H37N/c1-10-14-15-16-19(7)20(11-2)17-22(18(5)6)23(8,9)24-21(12-3)13-4/h10-14,22,24H,3,5,7,15-17H2,1-2,4,6,8-9H3/b14-10-,20-11-,21-13-. The molecule has 0 aliphatic carbocycles. The lowest BCUT2D eigenvalue weighted by molar-refractivity contribution is 0.310. The minimum absolute atomic E-state index is 0.111. The molecule has 0 heterocycles. The molecule has 1 atom stereocenters. The number of nitrogens with one attached hydrogen (secondary N) is 1. The van der Waals surface area contributed by atoms with Gasteiger partial charge in [-0.05, 0) is 72.5 Å². The van der Waals surface area contributed by atoms with Crippen LogP contribution in [-0.4, -0.2) is 5.54 Å². The minimum atomic E-state index is -0.111. The van der Waals surface area contributed by atoms with Crippen molar-refractivity contribution in [1.29, 1.82) is 0 Å². The average molecular weight is 328 g/mol. The molecule has 0 fully saturated rings. The van der Waals surface area contributed by atoms with Crippen LogP contribution in [0.2, 0.25) is 0 Å². The van der Waals surface area contributed by atoms with Crippen molar-refractivity contribution >= 4 is 0 Å². The van der Waals surface area contributed by atoms with Crippen molar-refractivity contribution in [3.8, 4) is 0 Å². The average Bonchev–Trinajstić information content (AvgIpc) is 2.52. The minimum Gasteiger partial charge on any atom is -0.380 e. The van der Waals surface area contributed by atoms with E-state index in [0.29, 0.717) is 5.92 Å². The van der Waals surface area contributed by atoms with Crippen molar-refractivity contribution in [2.45, 2.75) is 66.3 Å². The van der Waals surface area contributed by atoms with Crippen LogP contribution in [0.1, 0.15) is 60.8 Å². The first kappa shape index (κ1) is 22.2. The highest BCUT2D eigenvalue weighted by atomic mass is 15.0. The summed E-state index contributed by atoms with van der Waals surface area (Å²) in [6.07, 6.45) is 13.4. The molecule has 0 aromatic rings. The van der Waals surface area contributed by atoms with Gasteiger partial charge < -0.3 is 5.32 Å². The molecule has 0 saturated heterocycles. The second-order valence-corrected chi connectivity index (χ2v) is 6.92. The van der Waals surface area contributed by atoms with Gasteiger partial charge >= 0.3 is 0 Å². The molecular formula is C23H37N. The fourth-order valence-electron chi connectivity index (χ4n) is 3.02. The van der Waals surface area contributed by atoms with E-state index in [-0.39, 0.29) is 5.54 Å². The Kier molecular flexibility index (Phi) is 10.1. The van der Waals surface area contributed by atoms with Gasteiger partial charge in [0.25, 0.3) is 0 Å². The first-order chi connectivity index (χ1) is 11.2. The van der Waals surface area contributed by atoms with E-state index in [2.05, 4.69) is 84.0 Å². The van der Waals surface area contributed by atoms with E-state index in [4.69, 9.17) is 0 Å². The number of hydrogen-bond acceptors (Lipinski definition) is 1. The van der Waals surface area contributed by atoms with E-state index in [1.165, 1.54) is 16.7 Å². The highest BCUT2D eigenvalue weighted by Gasteiger charge is 2.31. The number of hydrogen-bond donors (Lipinski definition) is 1. The van der Waals surface area contributed by atoms with Gasteiger partial charge in [-0.3, -0.25) is 0 Å². The van der Waals surface area contributed by atoms with E-state index in [1.54, 1.807) is 0 Å². The molecule has 0 bridgehead atoms. The first-order valence-corrected chi connectivity index (χ1v) is 8.90. The molecule has 0 spiro atoms. The third-order valence-corrected chi connectivity index (χ3v) is 4.54. The first-order valence-electron chi connectivity index (χ1n) is 8.90. The predicted octanol–water partition coefficient (Wildman–Crippen LogP) is 6.89. The lowest BCUT2D eigenvalue weighted by atomic mass is 9.77. The highest BCUT2D eigenvalue weighted by Crippen LogP contribution is 2.33. The normalized spacial score (nSPS) is 14.6. The van der Waals surface area contributed by atoms with E-state index < -0.39 is 0 Å². The molecule has 1 nitrogen and oxygen atoms in total. The lowest BCUT2D eigenvalue weighted by Gasteiger charge is -2.38. The Morgan fingerprint density at radius 1 is 1.12 bits per heavy atom. The van der Waals surface area contributed by atoms with E-state index >= 15 is 0 Å². The molecule has 1 N–H and O–H groups in total. The third-order valence-electron chi connectivity index (χ3n) is 4.54. The Labute approximate surface area is 150 Å². The zero-order valence-electron chi connectivity index (χ0n) is 16.7. The van der Waals surface area contributed by atoms with Crippen LogP contribution < -0.4 is 5.32 Å². The Balaban J connectivity index is 5.27. The van der Waals surface area contributed by atoms with Crippen LogP contribution in [0, 0.1) is 5.92 Å². The summed E-state index contributed by atoms with van der Waals surface area (Å²) >= 11 is 0. The molecule has 0 aliphatic heterocycles. The summed E-state index contributed by atoms with van der Waals surface area (Å²) in [5, 5.41) is 3.61. The molecule has 1 heteroatoms. The molecule has 0 aromatic carbocycles. The van der Waals surface area contributed by atoms with Crippen LogP contribution in [0.3, 0.4) is 0 Å². The van der Waals surface area contributed by atoms with E-state index in [9.17, 15) is 0 Å². The monoisotopic (exact) mass is 327 g/mol. The molecule has 0 radical (unpaired) electrons. The fourth-order valence-corrected chi connectivity index (χ4v) is 3.02. The third kappa shape index (κ3) is 7.21. The van der Waals surface area contributed by atoms with Gasteiger partial charge in [0.15, 0.2) is 0 Å². The van der Waals surface area contributed by atoms with Crippen molar-refractivity contribution in [2.24, 2.45) is 5.92 Å². The highest BCUT2D eigenvalue weighted by molar-refractivity contribution is 5.31. The summed E-state index contributed by atoms with van der Waals surface area (Å²) in [7, 11) is 0. The maximum atomic E-state index is 4.31. The molecule has 1 unspecified atom stereocenters. The lowest BCUT2D eigenvalue weighted by Crippen LogP contribution is -2.45. The van der Waals surface area contributed by atoms with Gasteiger partial charge in [0.1, 0.15) is 0 Å². The second-order valence-electron chi connectivity index (χ2n) is 6.92. The Hall–Kier alpha value is -1.76. The van der Waals surface area contributed by atoms with Crippen LogP contribution in [-0.2, 0) is 0 Å². The van der Waals surface area contributed by atoms with Gasteiger partial charge in [-0.25, -0.2) is 0 Å². The van der Waals surface area contributed by atoms with Gasteiger partial charge in [-0.1, -0.05) is 55.2 Å². The number of allylic oxidation sites excluding steroid dienone is 7. The maximum Gasteiger partial charge on any atom is 0.0385 e. The zero-order valence-corrected chi connectivity index (χ0v) is 16.7. The summed E-state index contributed by atoms with van der Waals surface area (Å²) in [6, 6.07) is 0. The summed E-state index contributed by atoms with van der Waals surface area (Å²) in [5.74, 6) is 0.317. The molecule has 134 valence electrons. The van der Waals surface area contributed by atoms with Crippen LogP contribution >= 0.6 is 0 Å². The molecular weight excluding hydrogens is 290 g/mol. The van der Waals surface area contributed by atoms with Crippen molar-refractivity contribution < 1.29 is 0 Å². The number of rotatable bonds is 11. The Morgan fingerprint density at radius 3 is 2.17 bits per heavy atom. The Morgan fingerprint density at radius 2 is 1.75 bits per heavy atom. The summed E-state index contributed by atoms with van der Waals surface area (Å²) in [4.78, 5) is 0. The smallest absolute Gasteiger partial charge is 0.0385 e. The largest absolute Gasteiger partial charge is 0.380 e. The molecule has 0 amide bonds. The van der Waals surface area contributed by atoms with E-state index in [1.807, 2.05) is 13.0 Å². The van der Waals surface area contributed by atoms with Gasteiger partial charge in [-0.2, -0.15) is 0 Å². The van der Waals surface area contributed by atoms with Crippen molar-refractivity contribution in [2.75, 3.05) is 0 Å². The van der Waals surface area contributed by atoms with Crippen LogP contribution in [0.5, 0.6) is 0 Å². The maximum absolute atomic E-state index is 4.31. The molecule has 0 rings (SSSR count). The quantitative estimate of drug-likeness (QED) is 0.322. The SMILES string of the molecule is C=C/C(=C/C)NC(C)(C)C(C/C(=C/C)C(=C)CC/C=C\C)C(=C)C. The van der Waals surface area contributed by atoms with Gasteiger partial charge in [0, 0.05) is 17.2 Å². The van der Waals surface area contributed by atoms with E-state index in [0.717, 1.165) is 25.0 Å². The van der Waals surface area contributed by atoms with Gasteiger partial charge in [0.05, 0.1) is 0 Å².